The van der Waals surface area contributed by atoms with Crippen molar-refractivity contribution in [1.29, 1.82) is 0 Å². The van der Waals surface area contributed by atoms with Gasteiger partial charge in [0.1, 0.15) is 11.9 Å². The van der Waals surface area contributed by atoms with E-state index in [9.17, 15) is 9.18 Å². The molecule has 1 aromatic heterocycles. The Hall–Kier alpha value is -1.76. The molecule has 0 bridgehead atoms. The highest BCUT2D eigenvalue weighted by Crippen LogP contribution is 2.16. The molecule has 5 nitrogen and oxygen atoms in total. The van der Waals surface area contributed by atoms with Crippen LogP contribution in [0.2, 0.25) is 0 Å². The molecule has 100 valence electrons. The third-order valence-corrected chi connectivity index (χ3v) is 2.93. The van der Waals surface area contributed by atoms with Crippen molar-refractivity contribution in [2.75, 3.05) is 0 Å². The number of hydrogen-bond donors (Lipinski definition) is 1. The molecular formula is C12H11BrFN3O2. The van der Waals surface area contributed by atoms with E-state index in [-0.39, 0.29) is 11.5 Å². The predicted octanol–water partition coefficient (Wildman–Crippen LogP) is 2.77. The first-order valence-corrected chi connectivity index (χ1v) is 6.33. The van der Waals surface area contributed by atoms with Gasteiger partial charge in [-0.15, -0.1) is 0 Å². The summed E-state index contributed by atoms with van der Waals surface area (Å²) in [5, 5.41) is 6.22. The van der Waals surface area contributed by atoms with Gasteiger partial charge in [0.15, 0.2) is 5.82 Å². The van der Waals surface area contributed by atoms with Gasteiger partial charge in [0.25, 0.3) is 5.91 Å². The Labute approximate surface area is 117 Å². The summed E-state index contributed by atoms with van der Waals surface area (Å²) in [7, 11) is 0. The summed E-state index contributed by atoms with van der Waals surface area (Å²) in [6, 6.07) is 3.74. The Morgan fingerprint density at radius 2 is 2.26 bits per heavy atom. The number of amides is 1. The Kier molecular flexibility index (Phi) is 3.94. The third kappa shape index (κ3) is 3.17. The maximum Gasteiger partial charge on any atom is 0.254 e. The smallest absolute Gasteiger partial charge is 0.254 e. The van der Waals surface area contributed by atoms with E-state index in [0.717, 1.165) is 0 Å². The zero-order valence-electron chi connectivity index (χ0n) is 10.3. The van der Waals surface area contributed by atoms with E-state index >= 15 is 0 Å². The number of nitrogens with zero attached hydrogens (tertiary/aromatic N) is 2. The fraction of sp³-hybridized carbons (Fsp3) is 0.250. The first-order chi connectivity index (χ1) is 8.97. The second-order valence-corrected chi connectivity index (χ2v) is 4.91. The summed E-state index contributed by atoms with van der Waals surface area (Å²) in [5.74, 6) is -0.372. The van der Waals surface area contributed by atoms with Gasteiger partial charge in [-0.25, -0.2) is 4.39 Å². The number of halogens is 2. The third-order valence-electron chi connectivity index (χ3n) is 2.44. The number of carbonyl (C=O) groups excluding carboxylic acids is 1. The summed E-state index contributed by atoms with van der Waals surface area (Å²) >= 11 is 3.13. The maximum absolute atomic E-state index is 13.6. The number of aryl methyl sites for hydroxylation is 1. The van der Waals surface area contributed by atoms with Gasteiger partial charge in [-0.3, -0.25) is 4.79 Å². The lowest BCUT2D eigenvalue weighted by Crippen LogP contribution is -2.27. The highest BCUT2D eigenvalue weighted by atomic mass is 79.9. The predicted molar refractivity (Wildman–Crippen MR) is 69.0 cm³/mol. The lowest BCUT2D eigenvalue weighted by atomic mass is 10.2. The van der Waals surface area contributed by atoms with Crippen molar-refractivity contribution in [3.63, 3.8) is 0 Å². The van der Waals surface area contributed by atoms with Crippen molar-refractivity contribution in [2.45, 2.75) is 19.9 Å². The molecule has 0 unspecified atom stereocenters. The molecule has 2 aromatic rings. The van der Waals surface area contributed by atoms with Crippen molar-refractivity contribution in [3.8, 4) is 0 Å². The van der Waals surface area contributed by atoms with Crippen molar-refractivity contribution < 1.29 is 13.7 Å². The zero-order chi connectivity index (χ0) is 14.0. The molecular weight excluding hydrogens is 317 g/mol. The lowest BCUT2D eigenvalue weighted by Gasteiger charge is -2.10. The van der Waals surface area contributed by atoms with Crippen LogP contribution in [0.4, 0.5) is 4.39 Å². The van der Waals surface area contributed by atoms with E-state index in [1.807, 2.05) is 0 Å². The molecule has 1 aromatic carbocycles. The van der Waals surface area contributed by atoms with Gasteiger partial charge >= 0.3 is 0 Å². The molecule has 1 heterocycles. The number of benzene rings is 1. The Morgan fingerprint density at radius 1 is 1.53 bits per heavy atom. The minimum absolute atomic E-state index is 0.0358. The average Bonchev–Trinajstić information content (AvgIpc) is 2.75. The van der Waals surface area contributed by atoms with Crippen LogP contribution in [0, 0.1) is 12.7 Å². The standard InChI is InChI=1S/C12H11BrFN3O2/c1-6(12-16-7(2)17-19-12)15-11(18)9-4-3-8(13)5-10(9)14/h3-6H,1-2H3,(H,15,18)/t6-/m0/s1. The normalized spacial score (nSPS) is 12.2. The van der Waals surface area contributed by atoms with Crippen LogP contribution in [0.5, 0.6) is 0 Å². The van der Waals surface area contributed by atoms with E-state index in [2.05, 4.69) is 31.4 Å². The van der Waals surface area contributed by atoms with Gasteiger partial charge in [0.2, 0.25) is 5.89 Å². The van der Waals surface area contributed by atoms with Gasteiger partial charge in [-0.1, -0.05) is 21.1 Å². The molecule has 19 heavy (non-hydrogen) atoms. The summed E-state index contributed by atoms with van der Waals surface area (Å²) in [4.78, 5) is 15.9. The van der Waals surface area contributed by atoms with Crippen LogP contribution in [0.3, 0.4) is 0 Å². The molecule has 0 saturated heterocycles. The van der Waals surface area contributed by atoms with Crippen LogP contribution in [-0.4, -0.2) is 16.0 Å². The molecule has 0 radical (unpaired) electrons. The quantitative estimate of drug-likeness (QED) is 0.941. The molecule has 1 amide bonds. The Morgan fingerprint density at radius 3 is 2.84 bits per heavy atom. The monoisotopic (exact) mass is 327 g/mol. The maximum atomic E-state index is 13.6. The van der Waals surface area contributed by atoms with Crippen LogP contribution in [-0.2, 0) is 0 Å². The van der Waals surface area contributed by atoms with Gasteiger partial charge in [-0.2, -0.15) is 4.98 Å². The van der Waals surface area contributed by atoms with E-state index in [0.29, 0.717) is 10.3 Å². The van der Waals surface area contributed by atoms with Crippen LogP contribution >= 0.6 is 15.9 Å². The average molecular weight is 328 g/mol. The Bertz CT molecular complexity index is 615. The van der Waals surface area contributed by atoms with Crippen molar-refractivity contribution in [2.24, 2.45) is 0 Å². The first kappa shape index (κ1) is 13.7. The minimum Gasteiger partial charge on any atom is -0.340 e. The van der Waals surface area contributed by atoms with Crippen LogP contribution < -0.4 is 5.32 Å². The molecule has 1 atom stereocenters. The molecule has 0 aliphatic rings. The molecule has 0 spiro atoms. The molecule has 0 aliphatic carbocycles. The number of hydrogen-bond acceptors (Lipinski definition) is 4. The van der Waals surface area contributed by atoms with Crippen molar-refractivity contribution >= 4 is 21.8 Å². The second-order valence-electron chi connectivity index (χ2n) is 4.00. The summed E-state index contributed by atoms with van der Waals surface area (Å²) < 4.78 is 19.1. The highest BCUT2D eigenvalue weighted by molar-refractivity contribution is 9.10. The fourth-order valence-corrected chi connectivity index (χ4v) is 1.83. The van der Waals surface area contributed by atoms with Gasteiger partial charge < -0.3 is 9.84 Å². The molecule has 2 rings (SSSR count). The van der Waals surface area contributed by atoms with Crippen molar-refractivity contribution in [1.82, 2.24) is 15.5 Å². The Balaban J connectivity index is 2.12. The molecule has 0 saturated carbocycles. The van der Waals surface area contributed by atoms with E-state index < -0.39 is 17.8 Å². The van der Waals surface area contributed by atoms with E-state index in [1.165, 1.54) is 12.1 Å². The van der Waals surface area contributed by atoms with Gasteiger partial charge in [0.05, 0.1) is 5.56 Å². The van der Waals surface area contributed by atoms with Gasteiger partial charge in [0, 0.05) is 4.47 Å². The highest BCUT2D eigenvalue weighted by Gasteiger charge is 2.18. The first-order valence-electron chi connectivity index (χ1n) is 5.53. The van der Waals surface area contributed by atoms with Crippen LogP contribution in [0.25, 0.3) is 0 Å². The topological polar surface area (TPSA) is 68.0 Å². The SMILES string of the molecule is Cc1noc([C@H](C)NC(=O)c2ccc(Br)cc2F)n1. The largest absolute Gasteiger partial charge is 0.340 e. The van der Waals surface area contributed by atoms with E-state index in [1.54, 1.807) is 19.9 Å². The molecule has 1 N–H and O–H groups in total. The summed E-state index contributed by atoms with van der Waals surface area (Å²) in [5.41, 5.74) is -0.0358. The fourth-order valence-electron chi connectivity index (χ4n) is 1.50. The number of aromatic nitrogens is 2. The van der Waals surface area contributed by atoms with E-state index in [4.69, 9.17) is 4.52 Å². The van der Waals surface area contributed by atoms with Gasteiger partial charge in [-0.05, 0) is 32.0 Å². The second kappa shape index (κ2) is 5.48. The van der Waals surface area contributed by atoms with Crippen LogP contribution in [0.1, 0.15) is 35.0 Å². The summed E-state index contributed by atoms with van der Waals surface area (Å²) in [6.07, 6.45) is 0. The molecule has 0 aliphatic heterocycles. The summed E-state index contributed by atoms with van der Waals surface area (Å²) in [6.45, 7) is 3.36. The number of nitrogens with one attached hydrogen (secondary N) is 1. The molecule has 7 heteroatoms. The van der Waals surface area contributed by atoms with Crippen LogP contribution in [0.15, 0.2) is 27.2 Å². The lowest BCUT2D eigenvalue weighted by molar-refractivity contribution is 0.0928. The van der Waals surface area contributed by atoms with Crippen molar-refractivity contribution in [3.05, 3.63) is 45.8 Å². The molecule has 0 fully saturated rings. The minimum atomic E-state index is -0.596. The zero-order valence-corrected chi connectivity index (χ0v) is 11.9. The number of carbonyl (C=O) groups is 1. The number of rotatable bonds is 3.